The van der Waals surface area contributed by atoms with E-state index in [0.29, 0.717) is 17.0 Å². The molecule has 238 valence electrons. The summed E-state index contributed by atoms with van der Waals surface area (Å²) in [6, 6.07) is 20.8. The van der Waals surface area contributed by atoms with Crippen LogP contribution in [0.25, 0.3) is 10.9 Å². The number of aliphatic hydroxyl groups excluding tert-OH is 1. The Morgan fingerprint density at radius 2 is 1.82 bits per heavy atom. The summed E-state index contributed by atoms with van der Waals surface area (Å²) in [7, 11) is -0.329. The van der Waals surface area contributed by atoms with Gasteiger partial charge in [0, 0.05) is 54.9 Å². The molecule has 0 saturated carbocycles. The SMILES string of the molecule is C[C@H]1CN([C@@H](C)CO)C(=O)Cc2cc(NC(=O)Cc3cn(C)c4ccccc34)ccc2O[C@H]1CN(C)S(=O)(=O)c1ccccc1. The van der Waals surface area contributed by atoms with E-state index >= 15 is 0 Å². The van der Waals surface area contributed by atoms with Gasteiger partial charge in [0.05, 0.1) is 36.9 Å². The van der Waals surface area contributed by atoms with Crippen molar-refractivity contribution in [2.45, 2.75) is 43.7 Å². The van der Waals surface area contributed by atoms with Crippen LogP contribution in [0.5, 0.6) is 5.75 Å². The fourth-order valence-electron chi connectivity index (χ4n) is 5.79. The van der Waals surface area contributed by atoms with E-state index in [1.165, 1.54) is 11.4 Å². The third-order valence-corrected chi connectivity index (χ3v) is 10.3. The molecule has 0 spiro atoms. The lowest BCUT2D eigenvalue weighted by Gasteiger charge is -2.33. The number of carbonyl (C=O) groups is 2. The first-order chi connectivity index (χ1) is 21.5. The zero-order valence-corrected chi connectivity index (χ0v) is 26.8. The number of aromatic nitrogens is 1. The predicted octanol–water partition coefficient (Wildman–Crippen LogP) is 3.83. The number of amides is 2. The molecule has 1 aliphatic heterocycles. The molecule has 1 aliphatic rings. The van der Waals surface area contributed by atoms with Gasteiger partial charge in [0.25, 0.3) is 0 Å². The fourth-order valence-corrected chi connectivity index (χ4v) is 7.00. The number of hydrogen-bond donors (Lipinski definition) is 2. The van der Waals surface area contributed by atoms with Crippen molar-refractivity contribution < 1.29 is 27.9 Å². The number of rotatable bonds is 9. The summed E-state index contributed by atoms with van der Waals surface area (Å²) >= 11 is 0. The Kier molecular flexibility index (Phi) is 9.62. The number of fused-ring (bicyclic) bond motifs is 2. The molecule has 0 saturated heterocycles. The molecule has 2 heterocycles. The highest BCUT2D eigenvalue weighted by atomic mass is 32.2. The highest BCUT2D eigenvalue weighted by molar-refractivity contribution is 7.89. The fraction of sp³-hybridized carbons (Fsp3) is 0.353. The van der Waals surface area contributed by atoms with Crippen molar-refractivity contribution in [2.75, 3.05) is 32.1 Å². The first-order valence-electron chi connectivity index (χ1n) is 15.0. The maximum absolute atomic E-state index is 13.6. The molecule has 0 unspecified atom stereocenters. The third kappa shape index (κ3) is 7.06. The number of nitrogens with one attached hydrogen (secondary N) is 1. The lowest BCUT2D eigenvalue weighted by Crippen LogP contribution is -2.48. The molecular weight excluding hydrogens is 592 g/mol. The van der Waals surface area contributed by atoms with Crippen molar-refractivity contribution in [3.63, 3.8) is 0 Å². The number of hydrogen-bond acceptors (Lipinski definition) is 6. The Hall–Kier alpha value is -4.19. The average molecular weight is 633 g/mol. The highest BCUT2D eigenvalue weighted by Crippen LogP contribution is 2.30. The van der Waals surface area contributed by atoms with E-state index in [9.17, 15) is 23.1 Å². The van der Waals surface area contributed by atoms with Crippen LogP contribution in [0.3, 0.4) is 0 Å². The Morgan fingerprint density at radius 3 is 2.56 bits per heavy atom. The van der Waals surface area contributed by atoms with Gasteiger partial charge < -0.3 is 24.6 Å². The van der Waals surface area contributed by atoms with Crippen LogP contribution in [0.4, 0.5) is 5.69 Å². The summed E-state index contributed by atoms with van der Waals surface area (Å²) in [4.78, 5) is 28.5. The molecule has 0 bridgehead atoms. The van der Waals surface area contributed by atoms with Gasteiger partial charge in [0.2, 0.25) is 21.8 Å². The number of carbonyl (C=O) groups excluding carboxylic acids is 2. The molecule has 0 radical (unpaired) electrons. The van der Waals surface area contributed by atoms with E-state index in [0.717, 1.165) is 16.5 Å². The number of benzene rings is 3. The topological polar surface area (TPSA) is 121 Å². The molecule has 10 nitrogen and oxygen atoms in total. The van der Waals surface area contributed by atoms with Crippen LogP contribution in [0.1, 0.15) is 25.0 Å². The molecule has 0 fully saturated rings. The van der Waals surface area contributed by atoms with Crippen molar-refractivity contribution in [1.29, 1.82) is 0 Å². The number of aryl methyl sites for hydroxylation is 1. The first-order valence-corrected chi connectivity index (χ1v) is 16.5. The van der Waals surface area contributed by atoms with Crippen LogP contribution < -0.4 is 10.1 Å². The second-order valence-electron chi connectivity index (χ2n) is 11.8. The summed E-state index contributed by atoms with van der Waals surface area (Å²) in [5.74, 6) is -0.228. The van der Waals surface area contributed by atoms with E-state index < -0.39 is 22.2 Å². The average Bonchev–Trinajstić information content (AvgIpc) is 3.36. The number of anilines is 1. The molecule has 1 aromatic heterocycles. The molecular formula is C34H40N4O6S. The van der Waals surface area contributed by atoms with Gasteiger partial charge in [-0.1, -0.05) is 43.3 Å². The molecule has 3 atom stereocenters. The van der Waals surface area contributed by atoms with Crippen LogP contribution in [0.15, 0.2) is 83.9 Å². The van der Waals surface area contributed by atoms with Gasteiger partial charge in [-0.2, -0.15) is 4.31 Å². The van der Waals surface area contributed by atoms with Crippen LogP contribution in [-0.4, -0.2) is 78.0 Å². The van der Waals surface area contributed by atoms with Gasteiger partial charge in [0.1, 0.15) is 11.9 Å². The Bertz CT molecular complexity index is 1790. The zero-order valence-electron chi connectivity index (χ0n) is 26.0. The minimum Gasteiger partial charge on any atom is -0.488 e. The molecule has 0 aliphatic carbocycles. The van der Waals surface area contributed by atoms with E-state index in [1.807, 2.05) is 49.0 Å². The normalized spacial score (nSPS) is 18.1. The zero-order chi connectivity index (χ0) is 32.3. The second-order valence-corrected chi connectivity index (χ2v) is 13.9. The molecule has 3 aromatic carbocycles. The number of nitrogens with zero attached hydrogens (tertiary/aromatic N) is 3. The van der Waals surface area contributed by atoms with Crippen LogP contribution >= 0.6 is 0 Å². The monoisotopic (exact) mass is 632 g/mol. The predicted molar refractivity (Wildman–Crippen MR) is 173 cm³/mol. The summed E-state index contributed by atoms with van der Waals surface area (Å²) in [5, 5.41) is 13.9. The maximum Gasteiger partial charge on any atom is 0.242 e. The van der Waals surface area contributed by atoms with Gasteiger partial charge in [-0.25, -0.2) is 8.42 Å². The maximum atomic E-state index is 13.6. The smallest absolute Gasteiger partial charge is 0.242 e. The van der Waals surface area contributed by atoms with Gasteiger partial charge in [-0.15, -0.1) is 0 Å². The summed E-state index contributed by atoms with van der Waals surface area (Å²) in [6.07, 6.45) is 1.51. The number of likely N-dealkylation sites (N-methyl/N-ethyl adjacent to an activating group) is 1. The van der Waals surface area contributed by atoms with Crippen molar-refractivity contribution in [3.8, 4) is 5.75 Å². The van der Waals surface area contributed by atoms with Gasteiger partial charge in [0.15, 0.2) is 0 Å². The molecule has 11 heteroatoms. The summed E-state index contributed by atoms with van der Waals surface area (Å²) in [6.45, 7) is 3.77. The van der Waals surface area contributed by atoms with Crippen molar-refractivity contribution in [2.24, 2.45) is 13.0 Å². The van der Waals surface area contributed by atoms with Crippen LogP contribution in [0, 0.1) is 5.92 Å². The quantitative estimate of drug-likeness (QED) is 0.290. The lowest BCUT2D eigenvalue weighted by molar-refractivity contribution is -0.134. The Labute approximate surface area is 264 Å². The Balaban J connectivity index is 1.41. The first kappa shape index (κ1) is 32.2. The van der Waals surface area contributed by atoms with Crippen molar-refractivity contribution in [3.05, 3.63) is 90.1 Å². The van der Waals surface area contributed by atoms with Crippen LogP contribution in [0.2, 0.25) is 0 Å². The molecule has 45 heavy (non-hydrogen) atoms. The number of aliphatic hydroxyl groups is 1. The number of sulfonamides is 1. The minimum atomic E-state index is -3.79. The van der Waals surface area contributed by atoms with E-state index in [1.54, 1.807) is 60.4 Å². The lowest BCUT2D eigenvalue weighted by atomic mass is 10.0. The van der Waals surface area contributed by atoms with E-state index in [4.69, 9.17) is 4.74 Å². The number of ether oxygens (including phenoxy) is 1. The van der Waals surface area contributed by atoms with Crippen molar-refractivity contribution >= 4 is 38.4 Å². The second kappa shape index (κ2) is 13.4. The highest BCUT2D eigenvalue weighted by Gasteiger charge is 2.33. The molecule has 2 amide bonds. The number of para-hydroxylation sites is 1. The van der Waals surface area contributed by atoms with E-state index in [-0.39, 0.29) is 55.2 Å². The van der Waals surface area contributed by atoms with Gasteiger partial charge in [-0.05, 0) is 48.9 Å². The standard InChI is InChI=1S/C34H40N4O6S/c1-23-19-38(24(2)22-39)34(41)18-25-16-27(35-33(40)17-26-20-36(3)30-13-9-8-12-29(26)30)14-15-31(25)44-32(23)21-37(4)45(42,43)28-10-6-5-7-11-28/h5-16,20,23-24,32,39H,17-19,21-22H2,1-4H3,(H,35,40)/t23-,24-,32-/m0/s1. The largest absolute Gasteiger partial charge is 0.488 e. The molecule has 2 N–H and O–H groups in total. The third-order valence-electron chi connectivity index (χ3n) is 8.42. The Morgan fingerprint density at radius 1 is 1.11 bits per heavy atom. The summed E-state index contributed by atoms with van der Waals surface area (Å²) < 4.78 is 36.4. The van der Waals surface area contributed by atoms with Gasteiger partial charge in [-0.3, -0.25) is 9.59 Å². The molecule has 5 rings (SSSR count). The van der Waals surface area contributed by atoms with Crippen LogP contribution in [-0.2, 0) is 39.5 Å². The summed E-state index contributed by atoms with van der Waals surface area (Å²) in [5.41, 5.74) is 3.03. The van der Waals surface area contributed by atoms with Crippen molar-refractivity contribution in [1.82, 2.24) is 13.8 Å². The minimum absolute atomic E-state index is 0.00962. The molecule has 4 aromatic rings. The van der Waals surface area contributed by atoms with E-state index in [2.05, 4.69) is 5.32 Å². The van der Waals surface area contributed by atoms with Gasteiger partial charge >= 0.3 is 0 Å².